The molecule has 0 unspecified atom stereocenters. The molecule has 4 heterocycles. The molecule has 1 aliphatic heterocycles. The first-order valence-electron chi connectivity index (χ1n) is 14.8. The molecule has 3 aromatic heterocycles. The fourth-order valence-corrected chi connectivity index (χ4v) is 6.50. The topological polar surface area (TPSA) is 45.8 Å². The number of fused-ring (bicyclic) bond motifs is 4. The van der Waals surface area contributed by atoms with Gasteiger partial charge in [-0.05, 0) is 106 Å². The lowest BCUT2D eigenvalue weighted by molar-refractivity contribution is 0.223. The number of benzene rings is 1. The molecule has 7 heteroatoms. The highest BCUT2D eigenvalue weighted by atomic mass is 32.1. The third kappa shape index (κ3) is 6.16. The van der Waals surface area contributed by atoms with Crippen LogP contribution in [0.15, 0.2) is 34.4 Å². The van der Waals surface area contributed by atoms with Gasteiger partial charge in [0.05, 0.1) is 16.4 Å². The second-order valence-electron chi connectivity index (χ2n) is 12.1. The van der Waals surface area contributed by atoms with E-state index in [2.05, 4.69) is 60.3 Å². The number of hydrogen-bond donors (Lipinski definition) is 0. The van der Waals surface area contributed by atoms with E-state index in [9.17, 15) is 4.79 Å². The quantitative estimate of drug-likeness (QED) is 0.204. The van der Waals surface area contributed by atoms with E-state index < -0.39 is 0 Å². The summed E-state index contributed by atoms with van der Waals surface area (Å²) in [6.07, 6.45) is 7.49. The number of nitrogens with zero attached hydrogens (tertiary/aromatic N) is 5. The van der Waals surface area contributed by atoms with Gasteiger partial charge in [-0.15, -0.1) is 11.3 Å². The number of piperidine rings is 1. The molecular weight excluding hydrogens is 490 g/mol. The van der Waals surface area contributed by atoms with E-state index in [4.69, 9.17) is 4.98 Å². The molecule has 0 radical (unpaired) electrons. The lowest BCUT2D eigenvalue weighted by atomic mass is 10.1. The van der Waals surface area contributed by atoms with Gasteiger partial charge in [0.1, 0.15) is 4.83 Å². The van der Waals surface area contributed by atoms with Crippen molar-refractivity contribution in [3.05, 3.63) is 45.6 Å². The Hall–Kier alpha value is -2.22. The Kier molecular flexibility index (Phi) is 8.86. The summed E-state index contributed by atoms with van der Waals surface area (Å²) in [4.78, 5) is 24.6. The van der Waals surface area contributed by atoms with E-state index in [-0.39, 0.29) is 5.56 Å². The van der Waals surface area contributed by atoms with Gasteiger partial charge in [0.2, 0.25) is 5.78 Å². The maximum atomic E-state index is 13.6. The van der Waals surface area contributed by atoms with Gasteiger partial charge in [-0.1, -0.05) is 40.2 Å². The minimum absolute atomic E-state index is 0.0503. The van der Waals surface area contributed by atoms with E-state index in [1.54, 1.807) is 11.3 Å². The van der Waals surface area contributed by atoms with E-state index >= 15 is 0 Å². The molecule has 0 aliphatic carbocycles. The first-order chi connectivity index (χ1) is 18.4. The van der Waals surface area contributed by atoms with E-state index in [1.807, 2.05) is 15.8 Å². The van der Waals surface area contributed by atoms with Crippen molar-refractivity contribution in [1.82, 2.24) is 23.8 Å². The van der Waals surface area contributed by atoms with Crippen LogP contribution in [0.4, 0.5) is 0 Å². The molecule has 0 saturated carbocycles. The second kappa shape index (κ2) is 12.3. The second-order valence-corrected chi connectivity index (χ2v) is 13.0. The summed E-state index contributed by atoms with van der Waals surface area (Å²) in [5.41, 5.74) is 3.48. The van der Waals surface area contributed by atoms with Crippen LogP contribution in [0, 0.1) is 11.8 Å². The summed E-state index contributed by atoms with van der Waals surface area (Å²) in [7, 11) is 0. The normalized spacial score (nSPS) is 15.3. The SMILES string of the molecule is CC(C)CCN(CCC(C)C)Cc1ccc2c(c1)n(CCCN1CCCCC1)c1nc3sccc3c(=O)n21. The highest BCUT2D eigenvalue weighted by Crippen LogP contribution is 2.25. The number of hydrogen-bond acceptors (Lipinski definition) is 5. The van der Waals surface area contributed by atoms with Crippen LogP contribution < -0.4 is 5.56 Å². The maximum Gasteiger partial charge on any atom is 0.268 e. The largest absolute Gasteiger partial charge is 0.309 e. The molecule has 1 saturated heterocycles. The van der Waals surface area contributed by atoms with Crippen molar-refractivity contribution < 1.29 is 0 Å². The number of aryl methyl sites for hydroxylation is 1. The molecule has 1 aromatic carbocycles. The molecule has 0 N–H and O–H groups in total. The molecule has 0 bridgehead atoms. The summed E-state index contributed by atoms with van der Waals surface area (Å²) in [5.74, 6) is 2.19. The molecular formula is C31H45N5OS. The van der Waals surface area contributed by atoms with Crippen LogP contribution in [0.25, 0.3) is 27.0 Å². The van der Waals surface area contributed by atoms with Crippen molar-refractivity contribution in [3.8, 4) is 0 Å². The number of aromatic nitrogens is 3. The molecule has 6 nitrogen and oxygen atoms in total. The molecule has 1 fully saturated rings. The van der Waals surface area contributed by atoms with Crippen molar-refractivity contribution >= 4 is 38.4 Å². The summed E-state index contributed by atoms with van der Waals surface area (Å²) in [5, 5.41) is 2.69. The highest BCUT2D eigenvalue weighted by Gasteiger charge is 2.18. The van der Waals surface area contributed by atoms with E-state index in [0.717, 1.165) is 66.2 Å². The molecule has 5 rings (SSSR count). The Labute approximate surface area is 231 Å². The van der Waals surface area contributed by atoms with E-state index in [0.29, 0.717) is 11.8 Å². The van der Waals surface area contributed by atoms with Gasteiger partial charge >= 0.3 is 0 Å². The number of thiophene rings is 1. The van der Waals surface area contributed by atoms with Gasteiger partial charge in [-0.3, -0.25) is 9.69 Å². The van der Waals surface area contributed by atoms with Crippen LogP contribution in [0.3, 0.4) is 0 Å². The van der Waals surface area contributed by atoms with Crippen molar-refractivity contribution in [3.63, 3.8) is 0 Å². The molecule has 206 valence electrons. The van der Waals surface area contributed by atoms with Gasteiger partial charge in [-0.2, -0.15) is 0 Å². The van der Waals surface area contributed by atoms with Gasteiger partial charge < -0.3 is 9.47 Å². The molecule has 0 atom stereocenters. The predicted molar refractivity (Wildman–Crippen MR) is 161 cm³/mol. The van der Waals surface area contributed by atoms with Gasteiger partial charge in [0.15, 0.2) is 0 Å². The molecule has 1 aliphatic rings. The smallest absolute Gasteiger partial charge is 0.268 e. The summed E-state index contributed by atoms with van der Waals surface area (Å²) in [6.45, 7) is 16.8. The van der Waals surface area contributed by atoms with Crippen LogP contribution in [-0.4, -0.2) is 56.5 Å². The first-order valence-corrected chi connectivity index (χ1v) is 15.6. The first kappa shape index (κ1) is 27.4. The number of rotatable bonds is 12. The van der Waals surface area contributed by atoms with Crippen LogP contribution in [0.1, 0.15) is 71.8 Å². The van der Waals surface area contributed by atoms with Gasteiger partial charge in [-0.25, -0.2) is 9.38 Å². The zero-order valence-electron chi connectivity index (χ0n) is 23.8. The fourth-order valence-electron chi connectivity index (χ4n) is 5.75. The summed E-state index contributed by atoms with van der Waals surface area (Å²) in [6, 6.07) is 8.62. The Morgan fingerprint density at radius 3 is 2.39 bits per heavy atom. The fraction of sp³-hybridized carbons (Fsp3) is 0.613. The molecule has 38 heavy (non-hydrogen) atoms. The van der Waals surface area contributed by atoms with Crippen LogP contribution in [0.5, 0.6) is 0 Å². The van der Waals surface area contributed by atoms with Crippen molar-refractivity contribution in [2.75, 3.05) is 32.7 Å². The number of imidazole rings is 1. The third-order valence-corrected chi connectivity index (χ3v) is 8.86. The Morgan fingerprint density at radius 2 is 1.68 bits per heavy atom. The van der Waals surface area contributed by atoms with Crippen LogP contribution >= 0.6 is 11.3 Å². The average molecular weight is 536 g/mol. The lowest BCUT2D eigenvalue weighted by Gasteiger charge is -2.26. The van der Waals surface area contributed by atoms with Gasteiger partial charge in [0.25, 0.3) is 5.56 Å². The highest BCUT2D eigenvalue weighted by molar-refractivity contribution is 7.16. The minimum atomic E-state index is 0.0503. The Balaban J connectivity index is 1.49. The van der Waals surface area contributed by atoms with Crippen LogP contribution in [-0.2, 0) is 13.1 Å². The predicted octanol–water partition coefficient (Wildman–Crippen LogP) is 6.63. The van der Waals surface area contributed by atoms with Crippen molar-refractivity contribution in [1.29, 1.82) is 0 Å². The van der Waals surface area contributed by atoms with Crippen LogP contribution in [0.2, 0.25) is 0 Å². The Morgan fingerprint density at radius 1 is 0.947 bits per heavy atom. The van der Waals surface area contributed by atoms with Crippen molar-refractivity contribution in [2.24, 2.45) is 11.8 Å². The summed E-state index contributed by atoms with van der Waals surface area (Å²) < 4.78 is 4.17. The standard InChI is InChI=1S/C31H45N5OS/c1-23(2)11-18-34(19-12-24(3)4)22-25-9-10-27-28(21-25)35(17-8-16-33-14-6-5-7-15-33)31-32-29-26(13-20-38-29)30(37)36(27)31/h9-10,13,20-21,23-24H,5-8,11-12,14-19,22H2,1-4H3. The monoisotopic (exact) mass is 535 g/mol. The molecule has 0 spiro atoms. The maximum absolute atomic E-state index is 13.6. The average Bonchev–Trinajstić information content (AvgIpc) is 3.49. The van der Waals surface area contributed by atoms with Crippen molar-refractivity contribution in [2.45, 2.75) is 79.3 Å². The molecule has 0 amide bonds. The lowest BCUT2D eigenvalue weighted by Crippen LogP contribution is -2.31. The summed E-state index contributed by atoms with van der Waals surface area (Å²) >= 11 is 1.56. The van der Waals surface area contributed by atoms with E-state index in [1.165, 1.54) is 50.8 Å². The Bertz CT molecular complexity index is 1400. The third-order valence-electron chi connectivity index (χ3n) is 8.05. The minimum Gasteiger partial charge on any atom is -0.309 e. The zero-order valence-corrected chi connectivity index (χ0v) is 24.6. The van der Waals surface area contributed by atoms with Gasteiger partial charge in [0, 0.05) is 13.1 Å². The number of likely N-dealkylation sites (tertiary alicyclic amines) is 1. The molecule has 4 aromatic rings. The zero-order chi connectivity index (χ0) is 26.6.